The first-order valence-electron chi connectivity index (χ1n) is 7.01. The van der Waals surface area contributed by atoms with Crippen molar-refractivity contribution < 1.29 is 9.53 Å². The minimum Gasteiger partial charge on any atom is -0.497 e. The molecule has 0 bridgehead atoms. The van der Waals surface area contributed by atoms with Gasteiger partial charge in [-0.05, 0) is 48.9 Å². The fourth-order valence-electron chi connectivity index (χ4n) is 1.91. The smallest absolute Gasteiger partial charge is 0.267 e. The monoisotopic (exact) mass is 307 g/mol. The molecule has 0 heterocycles. The van der Waals surface area contributed by atoms with Crippen molar-refractivity contribution in [1.82, 2.24) is 0 Å². The number of methoxy groups -OCH3 is 1. The molecule has 0 saturated heterocycles. The van der Waals surface area contributed by atoms with Crippen molar-refractivity contribution in [3.63, 3.8) is 0 Å². The number of rotatable bonds is 5. The normalized spacial score (nSPS) is 10.6. The summed E-state index contributed by atoms with van der Waals surface area (Å²) in [5, 5.41) is 14.8. The highest BCUT2D eigenvalue weighted by atomic mass is 16.5. The number of aryl methyl sites for hydroxylation is 1. The number of nitriles is 1. The first-order valence-corrected chi connectivity index (χ1v) is 7.01. The van der Waals surface area contributed by atoms with Crippen LogP contribution in [0, 0.1) is 18.3 Å². The first kappa shape index (κ1) is 16.1. The van der Waals surface area contributed by atoms with Crippen molar-refractivity contribution >= 4 is 17.3 Å². The molecule has 0 aliphatic rings. The Morgan fingerprint density at radius 1 is 1.17 bits per heavy atom. The lowest BCUT2D eigenvalue weighted by atomic mass is 10.2. The van der Waals surface area contributed by atoms with Crippen LogP contribution in [0.2, 0.25) is 0 Å². The van der Waals surface area contributed by atoms with E-state index in [0.717, 1.165) is 11.3 Å². The van der Waals surface area contributed by atoms with Gasteiger partial charge in [0.2, 0.25) is 0 Å². The summed E-state index contributed by atoms with van der Waals surface area (Å²) in [4.78, 5) is 12.1. The fraction of sp³-hybridized carbons (Fsp3) is 0.111. The number of hydrogen-bond donors (Lipinski definition) is 2. The zero-order valence-corrected chi connectivity index (χ0v) is 13.0. The van der Waals surface area contributed by atoms with Gasteiger partial charge >= 0.3 is 0 Å². The van der Waals surface area contributed by atoms with Crippen LogP contribution in [0.1, 0.15) is 5.56 Å². The molecular formula is C18H17N3O2. The van der Waals surface area contributed by atoms with Gasteiger partial charge in [0.1, 0.15) is 17.4 Å². The SMILES string of the molecule is COc1ccc(NC(=O)/C(C#N)=C\Nc2cccc(C)c2)cc1. The van der Waals surface area contributed by atoms with E-state index in [1.165, 1.54) is 6.20 Å². The number of nitrogens with one attached hydrogen (secondary N) is 2. The molecule has 0 aromatic heterocycles. The maximum atomic E-state index is 12.1. The summed E-state index contributed by atoms with van der Waals surface area (Å²) in [6.45, 7) is 1.97. The molecule has 0 aliphatic carbocycles. The third-order valence-electron chi connectivity index (χ3n) is 3.11. The zero-order chi connectivity index (χ0) is 16.7. The molecule has 0 fully saturated rings. The summed E-state index contributed by atoms with van der Waals surface area (Å²) < 4.78 is 5.05. The lowest BCUT2D eigenvalue weighted by Crippen LogP contribution is -2.14. The van der Waals surface area contributed by atoms with Gasteiger partial charge in [0, 0.05) is 17.6 Å². The number of carbonyl (C=O) groups is 1. The lowest BCUT2D eigenvalue weighted by Gasteiger charge is -2.06. The Morgan fingerprint density at radius 2 is 1.91 bits per heavy atom. The Balaban J connectivity index is 2.05. The summed E-state index contributed by atoms with van der Waals surface area (Å²) in [6, 6.07) is 16.4. The van der Waals surface area contributed by atoms with Crippen LogP contribution in [0.25, 0.3) is 0 Å². The summed E-state index contributed by atoms with van der Waals surface area (Å²) in [5.41, 5.74) is 2.48. The van der Waals surface area contributed by atoms with Gasteiger partial charge in [0.15, 0.2) is 0 Å². The first-order chi connectivity index (χ1) is 11.1. The van der Waals surface area contributed by atoms with Crippen molar-refractivity contribution in [3.05, 3.63) is 65.9 Å². The van der Waals surface area contributed by atoms with Gasteiger partial charge < -0.3 is 15.4 Å². The van der Waals surface area contributed by atoms with Crippen LogP contribution in [0.3, 0.4) is 0 Å². The number of hydrogen-bond acceptors (Lipinski definition) is 4. The molecule has 5 heteroatoms. The molecule has 2 aromatic carbocycles. The van der Waals surface area contributed by atoms with E-state index in [-0.39, 0.29) is 5.57 Å². The highest BCUT2D eigenvalue weighted by Crippen LogP contribution is 2.16. The number of nitrogens with zero attached hydrogens (tertiary/aromatic N) is 1. The Morgan fingerprint density at radius 3 is 2.52 bits per heavy atom. The van der Waals surface area contributed by atoms with Gasteiger partial charge in [-0.1, -0.05) is 12.1 Å². The molecule has 0 aliphatic heterocycles. The van der Waals surface area contributed by atoms with E-state index < -0.39 is 5.91 Å². The molecule has 116 valence electrons. The maximum Gasteiger partial charge on any atom is 0.267 e. The Kier molecular flexibility index (Phi) is 5.37. The molecule has 0 atom stereocenters. The molecule has 5 nitrogen and oxygen atoms in total. The Hall–Kier alpha value is -3.26. The van der Waals surface area contributed by atoms with E-state index in [1.54, 1.807) is 31.4 Å². The number of ether oxygens (including phenoxy) is 1. The maximum absolute atomic E-state index is 12.1. The average Bonchev–Trinajstić information content (AvgIpc) is 2.56. The average molecular weight is 307 g/mol. The molecule has 23 heavy (non-hydrogen) atoms. The largest absolute Gasteiger partial charge is 0.497 e. The topological polar surface area (TPSA) is 74.1 Å². The molecule has 2 N–H and O–H groups in total. The van der Waals surface area contributed by atoms with Crippen molar-refractivity contribution in [1.29, 1.82) is 5.26 Å². The summed E-state index contributed by atoms with van der Waals surface area (Å²) >= 11 is 0. The van der Waals surface area contributed by atoms with Crippen molar-refractivity contribution in [3.8, 4) is 11.8 Å². The van der Waals surface area contributed by atoms with Gasteiger partial charge in [-0.25, -0.2) is 0 Å². The van der Waals surface area contributed by atoms with Crippen LogP contribution >= 0.6 is 0 Å². The molecule has 2 aromatic rings. The van der Waals surface area contributed by atoms with E-state index in [2.05, 4.69) is 10.6 Å². The van der Waals surface area contributed by atoms with Gasteiger partial charge in [-0.2, -0.15) is 5.26 Å². The van der Waals surface area contributed by atoms with Gasteiger partial charge in [0.25, 0.3) is 5.91 Å². The van der Waals surface area contributed by atoms with Crippen LogP contribution in [0.15, 0.2) is 60.3 Å². The van der Waals surface area contributed by atoms with Crippen LogP contribution in [-0.2, 0) is 4.79 Å². The van der Waals surface area contributed by atoms with Crippen LogP contribution in [-0.4, -0.2) is 13.0 Å². The summed E-state index contributed by atoms with van der Waals surface area (Å²) in [6.07, 6.45) is 1.40. The highest BCUT2D eigenvalue weighted by Gasteiger charge is 2.09. The highest BCUT2D eigenvalue weighted by molar-refractivity contribution is 6.06. The minimum atomic E-state index is -0.474. The Labute approximate surface area is 135 Å². The molecule has 2 rings (SSSR count). The fourth-order valence-corrected chi connectivity index (χ4v) is 1.91. The number of benzene rings is 2. The lowest BCUT2D eigenvalue weighted by molar-refractivity contribution is -0.112. The van der Waals surface area contributed by atoms with E-state index >= 15 is 0 Å². The van der Waals surface area contributed by atoms with E-state index in [1.807, 2.05) is 37.3 Å². The summed E-state index contributed by atoms with van der Waals surface area (Å²) in [5.74, 6) is 0.220. The molecule has 0 radical (unpaired) electrons. The third-order valence-corrected chi connectivity index (χ3v) is 3.11. The van der Waals surface area contributed by atoms with Gasteiger partial charge in [-0.15, -0.1) is 0 Å². The quantitative estimate of drug-likeness (QED) is 0.655. The minimum absolute atomic E-state index is 0.0117. The zero-order valence-electron chi connectivity index (χ0n) is 13.0. The second kappa shape index (κ2) is 7.66. The van der Waals surface area contributed by atoms with Crippen molar-refractivity contribution in [2.75, 3.05) is 17.7 Å². The second-order valence-corrected chi connectivity index (χ2v) is 4.87. The van der Waals surface area contributed by atoms with E-state index in [0.29, 0.717) is 11.4 Å². The molecule has 0 saturated carbocycles. The van der Waals surface area contributed by atoms with Crippen LogP contribution in [0.5, 0.6) is 5.75 Å². The van der Waals surface area contributed by atoms with Gasteiger partial charge in [0.05, 0.1) is 7.11 Å². The second-order valence-electron chi connectivity index (χ2n) is 4.87. The predicted molar refractivity (Wildman–Crippen MR) is 90.1 cm³/mol. The van der Waals surface area contributed by atoms with Gasteiger partial charge in [-0.3, -0.25) is 4.79 Å². The molecule has 1 amide bonds. The number of anilines is 2. The third kappa shape index (κ3) is 4.61. The number of amides is 1. The summed E-state index contributed by atoms with van der Waals surface area (Å²) in [7, 11) is 1.57. The standard InChI is InChI=1S/C18H17N3O2/c1-13-4-3-5-16(10-13)20-12-14(11-19)18(22)21-15-6-8-17(23-2)9-7-15/h3-10,12,20H,1-2H3,(H,21,22)/b14-12-. The van der Waals surface area contributed by atoms with E-state index in [4.69, 9.17) is 10.00 Å². The predicted octanol–water partition coefficient (Wildman–Crippen LogP) is 3.46. The Bertz CT molecular complexity index is 759. The molecule has 0 spiro atoms. The van der Waals surface area contributed by atoms with E-state index in [9.17, 15) is 4.79 Å². The number of carbonyl (C=O) groups excluding carboxylic acids is 1. The molecular weight excluding hydrogens is 290 g/mol. The molecule has 0 unspecified atom stereocenters. The van der Waals surface area contributed by atoms with Crippen LogP contribution < -0.4 is 15.4 Å². The van der Waals surface area contributed by atoms with Crippen molar-refractivity contribution in [2.45, 2.75) is 6.92 Å². The van der Waals surface area contributed by atoms with Crippen LogP contribution in [0.4, 0.5) is 11.4 Å². The van der Waals surface area contributed by atoms with Crippen molar-refractivity contribution in [2.24, 2.45) is 0 Å².